The number of fused-ring (bicyclic) bond motifs is 1. The number of amides is 1. The van der Waals surface area contributed by atoms with Gasteiger partial charge in [0.05, 0.1) is 23.2 Å². The lowest BCUT2D eigenvalue weighted by atomic mass is 9.81. The molecule has 27 heavy (non-hydrogen) atoms. The summed E-state index contributed by atoms with van der Waals surface area (Å²) in [6.45, 7) is 0.561. The van der Waals surface area contributed by atoms with Crippen molar-refractivity contribution in [2.24, 2.45) is 11.3 Å². The summed E-state index contributed by atoms with van der Waals surface area (Å²) in [7, 11) is 0. The van der Waals surface area contributed by atoms with Crippen LogP contribution in [0.3, 0.4) is 0 Å². The van der Waals surface area contributed by atoms with E-state index in [0.717, 1.165) is 25.0 Å². The Labute approximate surface area is 165 Å². The normalized spacial score (nSPS) is 25.0. The van der Waals surface area contributed by atoms with E-state index in [1.54, 1.807) is 4.90 Å². The molecule has 1 aromatic rings. The van der Waals surface area contributed by atoms with E-state index in [2.05, 4.69) is 5.32 Å². The SMILES string of the molecule is Cl.O=C(CN1C[C@@H]2CCC[C@@]2(C(=O)O)C1)Nc1ccc(Cl)cc1C(F)(F)F. The maximum absolute atomic E-state index is 13.1. The van der Waals surface area contributed by atoms with Crippen LogP contribution in [0.4, 0.5) is 18.9 Å². The first-order chi connectivity index (χ1) is 12.1. The molecule has 1 aromatic carbocycles. The molecule has 5 nitrogen and oxygen atoms in total. The van der Waals surface area contributed by atoms with E-state index in [-0.39, 0.29) is 42.1 Å². The highest BCUT2D eigenvalue weighted by Crippen LogP contribution is 2.48. The number of carboxylic acids is 1. The van der Waals surface area contributed by atoms with E-state index in [1.165, 1.54) is 6.07 Å². The summed E-state index contributed by atoms with van der Waals surface area (Å²) in [6, 6.07) is 3.14. The van der Waals surface area contributed by atoms with Gasteiger partial charge < -0.3 is 10.4 Å². The molecule has 2 atom stereocenters. The number of halogens is 5. The molecule has 10 heteroatoms. The zero-order chi connectivity index (χ0) is 19.1. The van der Waals surface area contributed by atoms with Crippen molar-refractivity contribution in [1.29, 1.82) is 0 Å². The molecule has 2 N–H and O–H groups in total. The van der Waals surface area contributed by atoms with Crippen LogP contribution in [0.25, 0.3) is 0 Å². The number of alkyl halides is 3. The highest BCUT2D eigenvalue weighted by Gasteiger charge is 2.54. The fourth-order valence-electron chi connectivity index (χ4n) is 4.12. The third kappa shape index (κ3) is 4.33. The molecular weight excluding hydrogens is 408 g/mol. The molecule has 0 radical (unpaired) electrons. The number of aliphatic carboxylic acids is 1. The van der Waals surface area contributed by atoms with Gasteiger partial charge in [-0.3, -0.25) is 14.5 Å². The minimum atomic E-state index is -4.65. The first-order valence-electron chi connectivity index (χ1n) is 8.24. The highest BCUT2D eigenvalue weighted by molar-refractivity contribution is 6.30. The van der Waals surface area contributed by atoms with E-state index < -0.39 is 29.0 Å². The Kier molecular flexibility index (Phi) is 6.33. The number of anilines is 1. The van der Waals surface area contributed by atoms with Crippen molar-refractivity contribution in [3.05, 3.63) is 28.8 Å². The number of hydrogen-bond acceptors (Lipinski definition) is 3. The fraction of sp³-hybridized carbons (Fsp3) is 0.529. The number of carboxylic acid groups (broad SMARTS) is 1. The Bertz CT molecular complexity index is 745. The van der Waals surface area contributed by atoms with Crippen LogP contribution in [0.15, 0.2) is 18.2 Å². The monoisotopic (exact) mass is 426 g/mol. The van der Waals surface area contributed by atoms with Gasteiger partial charge in [0, 0.05) is 18.1 Å². The van der Waals surface area contributed by atoms with Gasteiger partial charge in [0.1, 0.15) is 0 Å². The Hall–Kier alpha value is -1.51. The van der Waals surface area contributed by atoms with Gasteiger partial charge >= 0.3 is 12.1 Å². The number of rotatable bonds is 4. The summed E-state index contributed by atoms with van der Waals surface area (Å²) in [6.07, 6.45) is -2.44. The second kappa shape index (κ2) is 7.85. The third-order valence-corrected chi connectivity index (χ3v) is 5.53. The fourth-order valence-corrected chi connectivity index (χ4v) is 4.29. The van der Waals surface area contributed by atoms with Crippen LogP contribution in [0.5, 0.6) is 0 Å². The first kappa shape index (κ1) is 21.8. The van der Waals surface area contributed by atoms with Gasteiger partial charge in [0.15, 0.2) is 0 Å². The van der Waals surface area contributed by atoms with Gasteiger partial charge in [-0.1, -0.05) is 18.0 Å². The van der Waals surface area contributed by atoms with Crippen molar-refractivity contribution < 1.29 is 27.9 Å². The smallest absolute Gasteiger partial charge is 0.418 e. The maximum atomic E-state index is 13.1. The Morgan fingerprint density at radius 2 is 2.07 bits per heavy atom. The molecule has 150 valence electrons. The quantitative estimate of drug-likeness (QED) is 0.765. The minimum Gasteiger partial charge on any atom is -0.481 e. The van der Waals surface area contributed by atoms with E-state index in [9.17, 15) is 27.9 Å². The topological polar surface area (TPSA) is 69.6 Å². The van der Waals surface area contributed by atoms with E-state index >= 15 is 0 Å². The Morgan fingerprint density at radius 3 is 2.67 bits per heavy atom. The molecule has 1 saturated heterocycles. The molecule has 0 aromatic heterocycles. The van der Waals surface area contributed by atoms with Gasteiger partial charge in [-0.25, -0.2) is 0 Å². The van der Waals surface area contributed by atoms with E-state index in [0.29, 0.717) is 13.0 Å². The largest absolute Gasteiger partial charge is 0.481 e. The predicted octanol–water partition coefficient (Wildman–Crippen LogP) is 3.91. The molecule has 0 unspecified atom stereocenters. The summed E-state index contributed by atoms with van der Waals surface area (Å²) < 4.78 is 39.3. The molecule has 2 fully saturated rings. The van der Waals surface area contributed by atoms with Gasteiger partial charge in [-0.15, -0.1) is 12.4 Å². The number of carbonyl (C=O) groups is 2. The molecule has 1 heterocycles. The number of benzene rings is 1. The molecule has 0 spiro atoms. The van der Waals surface area contributed by atoms with Crippen molar-refractivity contribution in [3.8, 4) is 0 Å². The number of likely N-dealkylation sites (tertiary alicyclic amines) is 1. The predicted molar refractivity (Wildman–Crippen MR) is 96.2 cm³/mol. The lowest BCUT2D eigenvalue weighted by molar-refractivity contribution is -0.149. The zero-order valence-electron chi connectivity index (χ0n) is 14.2. The molecule has 3 rings (SSSR count). The van der Waals surface area contributed by atoms with Crippen LogP contribution in [-0.2, 0) is 15.8 Å². The minimum absolute atomic E-state index is 0. The summed E-state index contributed by atoms with van der Waals surface area (Å²) in [5, 5.41) is 11.7. The second-order valence-electron chi connectivity index (χ2n) is 6.96. The molecular formula is C17H19Cl2F3N2O3. The lowest BCUT2D eigenvalue weighted by Crippen LogP contribution is -2.37. The number of hydrogen-bond donors (Lipinski definition) is 2. The van der Waals surface area contributed by atoms with Crippen LogP contribution >= 0.6 is 24.0 Å². The molecule has 1 amide bonds. The Morgan fingerprint density at radius 1 is 1.37 bits per heavy atom. The molecule has 1 aliphatic carbocycles. The van der Waals surface area contributed by atoms with Crippen molar-refractivity contribution in [2.45, 2.75) is 25.4 Å². The van der Waals surface area contributed by atoms with Gasteiger partial charge in [0.2, 0.25) is 5.91 Å². The Balaban J connectivity index is 0.00000261. The zero-order valence-corrected chi connectivity index (χ0v) is 15.8. The summed E-state index contributed by atoms with van der Waals surface area (Å²) in [5.41, 5.74) is -2.21. The lowest BCUT2D eigenvalue weighted by Gasteiger charge is -2.23. The number of nitrogens with zero attached hydrogens (tertiary/aromatic N) is 1. The third-order valence-electron chi connectivity index (χ3n) is 5.30. The number of carbonyl (C=O) groups excluding carboxylic acids is 1. The summed E-state index contributed by atoms with van der Waals surface area (Å²) in [4.78, 5) is 25.6. The van der Waals surface area contributed by atoms with Crippen molar-refractivity contribution in [1.82, 2.24) is 4.90 Å². The average molecular weight is 427 g/mol. The van der Waals surface area contributed by atoms with Crippen LogP contribution < -0.4 is 5.32 Å². The molecule has 2 aliphatic rings. The molecule has 1 saturated carbocycles. The van der Waals surface area contributed by atoms with Gasteiger partial charge in [-0.2, -0.15) is 13.2 Å². The van der Waals surface area contributed by atoms with Gasteiger partial charge in [-0.05, 0) is 37.0 Å². The molecule has 1 aliphatic heterocycles. The van der Waals surface area contributed by atoms with Crippen LogP contribution in [0.2, 0.25) is 5.02 Å². The second-order valence-corrected chi connectivity index (χ2v) is 7.39. The average Bonchev–Trinajstić information content (AvgIpc) is 3.05. The van der Waals surface area contributed by atoms with Crippen LogP contribution in [0, 0.1) is 11.3 Å². The van der Waals surface area contributed by atoms with E-state index in [4.69, 9.17) is 11.6 Å². The number of nitrogens with one attached hydrogen (secondary N) is 1. The first-order valence-corrected chi connectivity index (χ1v) is 8.62. The van der Waals surface area contributed by atoms with Crippen molar-refractivity contribution >= 4 is 41.6 Å². The summed E-state index contributed by atoms with van der Waals surface area (Å²) >= 11 is 5.62. The highest BCUT2D eigenvalue weighted by atomic mass is 35.5. The van der Waals surface area contributed by atoms with Crippen molar-refractivity contribution in [3.63, 3.8) is 0 Å². The van der Waals surface area contributed by atoms with Crippen LogP contribution in [-0.4, -0.2) is 41.5 Å². The summed E-state index contributed by atoms with van der Waals surface area (Å²) in [5.74, 6) is -1.49. The van der Waals surface area contributed by atoms with Gasteiger partial charge in [0.25, 0.3) is 0 Å². The molecule has 0 bridgehead atoms. The maximum Gasteiger partial charge on any atom is 0.418 e. The standard InChI is InChI=1S/C17H18ClF3N2O3.ClH/c18-11-3-4-13(12(6-11)17(19,20)21)22-14(24)8-23-7-10-2-1-5-16(10,9-23)15(25)26;/h3-4,6,10H,1-2,5,7-9H2,(H,22,24)(H,25,26);1H/t10-,16+;/m0./s1. The van der Waals surface area contributed by atoms with Crippen LogP contribution in [0.1, 0.15) is 24.8 Å². The van der Waals surface area contributed by atoms with E-state index in [1.807, 2.05) is 0 Å². The van der Waals surface area contributed by atoms with Crippen molar-refractivity contribution in [2.75, 3.05) is 25.0 Å².